The molecule has 0 bridgehead atoms. The second-order valence-electron chi connectivity index (χ2n) is 4.81. The number of halogens is 1. The Morgan fingerprint density at radius 1 is 1.29 bits per heavy atom. The lowest BCUT2D eigenvalue weighted by Gasteiger charge is -2.18. The first-order valence-corrected chi connectivity index (χ1v) is 6.17. The summed E-state index contributed by atoms with van der Waals surface area (Å²) in [5, 5.41) is 0.651. The summed E-state index contributed by atoms with van der Waals surface area (Å²) in [6.45, 7) is 3.95. The van der Waals surface area contributed by atoms with Gasteiger partial charge < -0.3 is 15.2 Å². The van der Waals surface area contributed by atoms with Crippen molar-refractivity contribution in [2.45, 2.75) is 38.3 Å². The molecule has 2 rings (SSSR count). The van der Waals surface area contributed by atoms with Gasteiger partial charge in [0.1, 0.15) is 0 Å². The van der Waals surface area contributed by atoms with E-state index in [1.807, 2.05) is 19.9 Å². The topological polar surface area (TPSA) is 44.5 Å². The van der Waals surface area contributed by atoms with Crippen molar-refractivity contribution in [3.05, 3.63) is 22.7 Å². The van der Waals surface area contributed by atoms with E-state index in [2.05, 4.69) is 0 Å². The van der Waals surface area contributed by atoms with Gasteiger partial charge in [0.25, 0.3) is 0 Å². The third-order valence-electron chi connectivity index (χ3n) is 2.94. The Morgan fingerprint density at radius 3 is 2.41 bits per heavy atom. The van der Waals surface area contributed by atoms with Gasteiger partial charge in [0.15, 0.2) is 11.5 Å². The predicted molar refractivity (Wildman–Crippen MR) is 68.9 cm³/mol. The third kappa shape index (κ3) is 2.50. The zero-order valence-electron chi connectivity index (χ0n) is 10.4. The van der Waals surface area contributed by atoms with E-state index in [4.69, 9.17) is 26.8 Å². The van der Waals surface area contributed by atoms with Gasteiger partial charge in [-0.3, -0.25) is 0 Å². The summed E-state index contributed by atoms with van der Waals surface area (Å²) in [4.78, 5) is 0. The Balaban J connectivity index is 2.41. The highest BCUT2D eigenvalue weighted by molar-refractivity contribution is 6.31. The fourth-order valence-corrected chi connectivity index (χ4v) is 2.17. The lowest BCUT2D eigenvalue weighted by molar-refractivity contribution is 0.229. The van der Waals surface area contributed by atoms with Crippen molar-refractivity contribution in [3.63, 3.8) is 0 Å². The molecule has 94 valence electrons. The summed E-state index contributed by atoms with van der Waals surface area (Å²) in [7, 11) is 1.61. The molecule has 17 heavy (non-hydrogen) atoms. The summed E-state index contributed by atoms with van der Waals surface area (Å²) in [5.74, 6) is 1.36. The van der Waals surface area contributed by atoms with E-state index >= 15 is 0 Å². The van der Waals surface area contributed by atoms with Gasteiger partial charge in [0, 0.05) is 16.6 Å². The quantitative estimate of drug-likeness (QED) is 0.899. The van der Waals surface area contributed by atoms with Gasteiger partial charge in [0.05, 0.1) is 13.2 Å². The maximum atomic E-state index is 6.23. The van der Waals surface area contributed by atoms with Crippen LogP contribution in [0.2, 0.25) is 5.02 Å². The van der Waals surface area contributed by atoms with Gasteiger partial charge in [-0.25, -0.2) is 0 Å². The van der Waals surface area contributed by atoms with Crippen LogP contribution < -0.4 is 15.2 Å². The number of methoxy groups -OCH3 is 1. The molecule has 0 spiro atoms. The van der Waals surface area contributed by atoms with E-state index in [-0.39, 0.29) is 11.6 Å². The van der Waals surface area contributed by atoms with Crippen molar-refractivity contribution < 1.29 is 9.47 Å². The molecule has 0 amide bonds. The number of benzene rings is 1. The van der Waals surface area contributed by atoms with Crippen LogP contribution in [0.3, 0.4) is 0 Å². The minimum Gasteiger partial charge on any atom is -0.493 e. The van der Waals surface area contributed by atoms with Crippen molar-refractivity contribution >= 4 is 11.6 Å². The molecule has 1 aliphatic carbocycles. The summed E-state index contributed by atoms with van der Waals surface area (Å²) < 4.78 is 11.0. The molecule has 0 radical (unpaired) electrons. The lowest BCUT2D eigenvalue weighted by atomic mass is 10.0. The molecule has 0 aliphatic heterocycles. The van der Waals surface area contributed by atoms with E-state index in [9.17, 15) is 0 Å². The largest absolute Gasteiger partial charge is 0.493 e. The van der Waals surface area contributed by atoms with Crippen LogP contribution in [0.4, 0.5) is 0 Å². The third-order valence-corrected chi connectivity index (χ3v) is 3.25. The second-order valence-corrected chi connectivity index (χ2v) is 5.21. The normalized spacial score (nSPS) is 17.1. The van der Waals surface area contributed by atoms with Crippen LogP contribution in [0.5, 0.6) is 11.5 Å². The molecule has 2 N–H and O–H groups in total. The van der Waals surface area contributed by atoms with Crippen LogP contribution in [0.1, 0.15) is 32.3 Å². The van der Waals surface area contributed by atoms with Crippen molar-refractivity contribution in [1.29, 1.82) is 0 Å². The zero-order chi connectivity index (χ0) is 12.6. The Labute approximate surface area is 107 Å². The van der Waals surface area contributed by atoms with Gasteiger partial charge in [-0.1, -0.05) is 11.6 Å². The van der Waals surface area contributed by atoms with Crippen molar-refractivity contribution in [3.8, 4) is 11.5 Å². The maximum Gasteiger partial charge on any atom is 0.162 e. The van der Waals surface area contributed by atoms with E-state index < -0.39 is 0 Å². The van der Waals surface area contributed by atoms with E-state index in [1.165, 1.54) is 0 Å². The summed E-state index contributed by atoms with van der Waals surface area (Å²) in [5.41, 5.74) is 6.87. The number of rotatable bonds is 4. The smallest absolute Gasteiger partial charge is 0.162 e. The molecule has 1 fully saturated rings. The van der Waals surface area contributed by atoms with Crippen LogP contribution >= 0.6 is 11.6 Å². The molecule has 3 nitrogen and oxygen atoms in total. The Hall–Kier alpha value is -0.930. The molecule has 1 aliphatic rings. The number of ether oxygens (including phenoxy) is 2. The highest BCUT2D eigenvalue weighted by Crippen LogP contribution is 2.48. The summed E-state index contributed by atoms with van der Waals surface area (Å²) in [6.07, 6.45) is 2.03. The SMILES string of the molecule is COc1cc(Cl)c(C2(N)CC2)cc1OC(C)C. The highest BCUT2D eigenvalue weighted by atomic mass is 35.5. The molecular formula is C13H18ClNO2. The van der Waals surface area contributed by atoms with Crippen LogP contribution in [-0.2, 0) is 5.54 Å². The Bertz CT molecular complexity index is 428. The molecule has 0 atom stereocenters. The average molecular weight is 256 g/mol. The second kappa shape index (κ2) is 4.39. The first kappa shape index (κ1) is 12.5. The van der Waals surface area contributed by atoms with Gasteiger partial charge in [-0.05, 0) is 38.3 Å². The van der Waals surface area contributed by atoms with Crippen LogP contribution in [0, 0.1) is 0 Å². The molecule has 1 aromatic rings. The lowest BCUT2D eigenvalue weighted by Crippen LogP contribution is -2.19. The van der Waals surface area contributed by atoms with Crippen molar-refractivity contribution in [2.75, 3.05) is 7.11 Å². The van der Waals surface area contributed by atoms with Crippen molar-refractivity contribution in [1.82, 2.24) is 0 Å². The molecule has 0 saturated heterocycles. The molecule has 1 aromatic carbocycles. The minimum absolute atomic E-state index is 0.0888. The number of hydrogen-bond donors (Lipinski definition) is 1. The zero-order valence-corrected chi connectivity index (χ0v) is 11.2. The van der Waals surface area contributed by atoms with Crippen LogP contribution in [0.15, 0.2) is 12.1 Å². The van der Waals surface area contributed by atoms with Gasteiger partial charge in [-0.15, -0.1) is 0 Å². The fourth-order valence-electron chi connectivity index (χ4n) is 1.83. The number of hydrogen-bond acceptors (Lipinski definition) is 3. The van der Waals surface area contributed by atoms with Gasteiger partial charge >= 0.3 is 0 Å². The van der Waals surface area contributed by atoms with Gasteiger partial charge in [0.2, 0.25) is 0 Å². The molecular weight excluding hydrogens is 238 g/mol. The van der Waals surface area contributed by atoms with Crippen molar-refractivity contribution in [2.24, 2.45) is 5.73 Å². The Morgan fingerprint density at radius 2 is 1.94 bits per heavy atom. The highest BCUT2D eigenvalue weighted by Gasteiger charge is 2.42. The van der Waals surface area contributed by atoms with E-state index in [0.29, 0.717) is 16.5 Å². The fraction of sp³-hybridized carbons (Fsp3) is 0.538. The predicted octanol–water partition coefficient (Wildman–Crippen LogP) is 3.08. The molecule has 1 saturated carbocycles. The maximum absolute atomic E-state index is 6.23. The first-order valence-electron chi connectivity index (χ1n) is 5.80. The molecule has 4 heteroatoms. The molecule has 0 heterocycles. The van der Waals surface area contributed by atoms with E-state index in [1.54, 1.807) is 13.2 Å². The van der Waals surface area contributed by atoms with Crippen LogP contribution in [0.25, 0.3) is 0 Å². The monoisotopic (exact) mass is 255 g/mol. The first-order chi connectivity index (χ1) is 7.96. The average Bonchev–Trinajstić information content (AvgIpc) is 2.99. The van der Waals surface area contributed by atoms with E-state index in [0.717, 1.165) is 18.4 Å². The van der Waals surface area contributed by atoms with Crippen LogP contribution in [-0.4, -0.2) is 13.2 Å². The number of nitrogens with two attached hydrogens (primary N) is 1. The summed E-state index contributed by atoms with van der Waals surface area (Å²) >= 11 is 6.23. The minimum atomic E-state index is -0.265. The van der Waals surface area contributed by atoms with Gasteiger partial charge in [-0.2, -0.15) is 0 Å². The standard InChI is InChI=1S/C13H18ClNO2/c1-8(2)17-12-6-9(13(15)4-5-13)10(14)7-11(12)16-3/h6-8H,4-5,15H2,1-3H3. The summed E-state index contributed by atoms with van der Waals surface area (Å²) in [6, 6.07) is 3.69. The molecule has 0 unspecified atom stereocenters. The molecule has 0 aromatic heterocycles. The Kier molecular flexibility index (Phi) is 3.23.